The highest BCUT2D eigenvalue weighted by Crippen LogP contribution is 2.20. The van der Waals surface area contributed by atoms with E-state index in [9.17, 15) is 4.79 Å². The second-order valence-corrected chi connectivity index (χ2v) is 5.36. The third-order valence-corrected chi connectivity index (χ3v) is 3.61. The van der Waals surface area contributed by atoms with Gasteiger partial charge in [-0.05, 0) is 36.4 Å². The Bertz CT molecular complexity index is 732. The number of halogens is 1. The first-order chi connectivity index (χ1) is 9.74. The number of hydrogen-bond acceptors (Lipinski definition) is 2. The van der Waals surface area contributed by atoms with Gasteiger partial charge in [0.2, 0.25) is 0 Å². The first-order valence-electron chi connectivity index (χ1n) is 6.30. The van der Waals surface area contributed by atoms with Gasteiger partial charge in [-0.3, -0.25) is 4.79 Å². The molecule has 2 aromatic heterocycles. The maximum Gasteiger partial charge on any atom is 0.287 e. The van der Waals surface area contributed by atoms with Gasteiger partial charge in [-0.1, -0.05) is 15.9 Å². The first kappa shape index (κ1) is 13.0. The molecule has 0 saturated carbocycles. The van der Waals surface area contributed by atoms with Gasteiger partial charge in [0.1, 0.15) is 0 Å². The third-order valence-electron chi connectivity index (χ3n) is 3.12. The Morgan fingerprint density at radius 3 is 3.00 bits per heavy atom. The van der Waals surface area contributed by atoms with Crippen LogP contribution in [-0.4, -0.2) is 17.0 Å². The van der Waals surface area contributed by atoms with Crippen molar-refractivity contribution in [2.45, 2.75) is 6.54 Å². The van der Waals surface area contributed by atoms with Crippen LogP contribution in [0.25, 0.3) is 10.9 Å². The fraction of sp³-hybridized carbons (Fsp3) is 0.133. The molecule has 2 heterocycles. The lowest BCUT2D eigenvalue weighted by Crippen LogP contribution is -2.26. The van der Waals surface area contributed by atoms with Gasteiger partial charge in [0.15, 0.2) is 5.76 Å². The molecule has 0 atom stereocenters. The number of carbonyl (C=O) groups excluding carboxylic acids is 1. The van der Waals surface area contributed by atoms with E-state index in [1.54, 1.807) is 12.1 Å². The summed E-state index contributed by atoms with van der Waals surface area (Å²) in [6.07, 6.45) is 3.52. The van der Waals surface area contributed by atoms with Crippen LogP contribution in [0.3, 0.4) is 0 Å². The summed E-state index contributed by atoms with van der Waals surface area (Å²) < 4.78 is 8.22. The molecule has 0 aliphatic rings. The van der Waals surface area contributed by atoms with E-state index < -0.39 is 0 Å². The van der Waals surface area contributed by atoms with E-state index in [0.29, 0.717) is 12.3 Å². The molecule has 0 fully saturated rings. The summed E-state index contributed by atoms with van der Waals surface area (Å²) in [5.41, 5.74) is 1.15. The largest absolute Gasteiger partial charge is 0.459 e. The molecule has 0 radical (unpaired) electrons. The minimum Gasteiger partial charge on any atom is -0.459 e. The molecule has 0 bridgehead atoms. The van der Waals surface area contributed by atoms with Gasteiger partial charge in [0, 0.05) is 34.7 Å². The van der Waals surface area contributed by atoms with Crippen molar-refractivity contribution in [3.05, 3.63) is 59.1 Å². The second kappa shape index (κ2) is 5.54. The number of nitrogens with zero attached hydrogens (tertiary/aromatic N) is 1. The molecule has 0 aliphatic heterocycles. The molecule has 102 valence electrons. The van der Waals surface area contributed by atoms with Crippen LogP contribution in [0.5, 0.6) is 0 Å². The maximum atomic E-state index is 11.7. The lowest BCUT2D eigenvalue weighted by Gasteiger charge is -2.06. The van der Waals surface area contributed by atoms with Crippen LogP contribution in [0.15, 0.2) is 57.7 Å². The minimum absolute atomic E-state index is 0.186. The summed E-state index contributed by atoms with van der Waals surface area (Å²) in [5.74, 6) is 0.153. The zero-order valence-corrected chi connectivity index (χ0v) is 12.3. The van der Waals surface area contributed by atoms with E-state index in [1.807, 2.05) is 12.3 Å². The van der Waals surface area contributed by atoms with Crippen LogP contribution in [0, 0.1) is 0 Å². The number of aromatic nitrogens is 1. The van der Waals surface area contributed by atoms with Crippen LogP contribution in [0.1, 0.15) is 10.6 Å². The number of benzene rings is 1. The molecule has 5 heteroatoms. The SMILES string of the molecule is O=C(NCCn1ccc2cc(Br)ccc21)c1ccco1. The van der Waals surface area contributed by atoms with Crippen molar-refractivity contribution in [1.29, 1.82) is 0 Å². The summed E-state index contributed by atoms with van der Waals surface area (Å²) in [4.78, 5) is 11.7. The van der Waals surface area contributed by atoms with Gasteiger partial charge in [-0.15, -0.1) is 0 Å². The number of carbonyl (C=O) groups is 1. The van der Waals surface area contributed by atoms with Gasteiger partial charge < -0.3 is 14.3 Å². The molecule has 3 aromatic rings. The number of fused-ring (bicyclic) bond motifs is 1. The van der Waals surface area contributed by atoms with Gasteiger partial charge in [0.05, 0.1) is 6.26 Å². The molecule has 1 amide bonds. The first-order valence-corrected chi connectivity index (χ1v) is 7.09. The summed E-state index contributed by atoms with van der Waals surface area (Å²) >= 11 is 3.46. The summed E-state index contributed by atoms with van der Waals surface area (Å²) in [6.45, 7) is 1.27. The molecule has 4 nitrogen and oxygen atoms in total. The standard InChI is InChI=1S/C15H13BrN2O2/c16-12-3-4-13-11(10-12)5-7-18(13)8-6-17-15(19)14-2-1-9-20-14/h1-5,7,9-10H,6,8H2,(H,17,19). The Morgan fingerprint density at radius 1 is 1.30 bits per heavy atom. The number of nitrogens with one attached hydrogen (secondary N) is 1. The predicted molar refractivity (Wildman–Crippen MR) is 80.7 cm³/mol. The van der Waals surface area contributed by atoms with Crippen LogP contribution in [-0.2, 0) is 6.54 Å². The molecule has 3 rings (SSSR count). The van der Waals surface area contributed by atoms with Crippen molar-refractivity contribution < 1.29 is 9.21 Å². The summed E-state index contributed by atoms with van der Waals surface area (Å²) in [7, 11) is 0. The number of hydrogen-bond donors (Lipinski definition) is 1. The Morgan fingerprint density at radius 2 is 2.20 bits per heavy atom. The third kappa shape index (κ3) is 2.63. The zero-order valence-electron chi connectivity index (χ0n) is 10.7. The molecule has 0 spiro atoms. The van der Waals surface area contributed by atoms with Gasteiger partial charge in [-0.25, -0.2) is 0 Å². The van der Waals surface area contributed by atoms with E-state index in [4.69, 9.17) is 4.42 Å². The molecule has 0 aliphatic carbocycles. The van der Waals surface area contributed by atoms with Crippen LogP contribution in [0.2, 0.25) is 0 Å². The van der Waals surface area contributed by atoms with E-state index in [-0.39, 0.29) is 5.91 Å². The highest BCUT2D eigenvalue weighted by atomic mass is 79.9. The normalized spacial score (nSPS) is 10.8. The Kier molecular flexibility index (Phi) is 3.60. The van der Waals surface area contributed by atoms with Gasteiger partial charge in [-0.2, -0.15) is 0 Å². The van der Waals surface area contributed by atoms with Crippen molar-refractivity contribution in [3.8, 4) is 0 Å². The Hall–Kier alpha value is -2.01. The van der Waals surface area contributed by atoms with Crippen molar-refractivity contribution in [1.82, 2.24) is 9.88 Å². The van der Waals surface area contributed by atoms with E-state index in [2.05, 4.69) is 44.0 Å². The number of amides is 1. The lowest BCUT2D eigenvalue weighted by atomic mass is 10.2. The molecular weight excluding hydrogens is 320 g/mol. The fourth-order valence-corrected chi connectivity index (χ4v) is 2.53. The monoisotopic (exact) mass is 332 g/mol. The van der Waals surface area contributed by atoms with Crippen LogP contribution in [0.4, 0.5) is 0 Å². The minimum atomic E-state index is -0.186. The highest BCUT2D eigenvalue weighted by Gasteiger charge is 2.07. The van der Waals surface area contributed by atoms with Crippen molar-refractivity contribution in [3.63, 3.8) is 0 Å². The molecular formula is C15H13BrN2O2. The molecule has 1 N–H and O–H groups in total. The van der Waals surface area contributed by atoms with E-state index >= 15 is 0 Å². The number of furan rings is 1. The Labute approximate surface area is 124 Å². The molecule has 1 aromatic carbocycles. The average Bonchev–Trinajstić information content (AvgIpc) is 3.08. The quantitative estimate of drug-likeness (QED) is 0.795. The fourth-order valence-electron chi connectivity index (χ4n) is 2.15. The lowest BCUT2D eigenvalue weighted by molar-refractivity contribution is 0.0924. The van der Waals surface area contributed by atoms with Crippen LogP contribution >= 0.6 is 15.9 Å². The molecule has 20 heavy (non-hydrogen) atoms. The highest BCUT2D eigenvalue weighted by molar-refractivity contribution is 9.10. The topological polar surface area (TPSA) is 47.2 Å². The molecule has 0 unspecified atom stereocenters. The molecule has 0 saturated heterocycles. The Balaban J connectivity index is 1.64. The smallest absolute Gasteiger partial charge is 0.287 e. The maximum absolute atomic E-state index is 11.7. The van der Waals surface area contributed by atoms with Crippen molar-refractivity contribution in [2.75, 3.05) is 6.54 Å². The van der Waals surface area contributed by atoms with Gasteiger partial charge in [0.25, 0.3) is 5.91 Å². The second-order valence-electron chi connectivity index (χ2n) is 4.45. The predicted octanol–water partition coefficient (Wildman–Crippen LogP) is 3.43. The summed E-state index contributed by atoms with van der Waals surface area (Å²) in [5, 5.41) is 4.01. The zero-order chi connectivity index (χ0) is 13.9. The number of rotatable bonds is 4. The summed E-state index contributed by atoms with van der Waals surface area (Å²) in [6, 6.07) is 11.6. The van der Waals surface area contributed by atoms with Crippen LogP contribution < -0.4 is 5.32 Å². The average molecular weight is 333 g/mol. The van der Waals surface area contributed by atoms with Crippen molar-refractivity contribution >= 4 is 32.7 Å². The van der Waals surface area contributed by atoms with E-state index in [0.717, 1.165) is 16.5 Å². The van der Waals surface area contributed by atoms with E-state index in [1.165, 1.54) is 11.6 Å². The van der Waals surface area contributed by atoms with Gasteiger partial charge >= 0.3 is 0 Å². The van der Waals surface area contributed by atoms with Crippen molar-refractivity contribution in [2.24, 2.45) is 0 Å².